The summed E-state index contributed by atoms with van der Waals surface area (Å²) < 4.78 is 45.6. The number of pyridine rings is 1. The summed E-state index contributed by atoms with van der Waals surface area (Å²) >= 11 is 0. The zero-order valence-corrected chi connectivity index (χ0v) is 15.2. The monoisotopic (exact) mass is 369 g/mol. The first-order valence-electron chi connectivity index (χ1n) is 8.84. The van der Waals surface area contributed by atoms with Crippen molar-refractivity contribution >= 4 is 10.0 Å². The van der Waals surface area contributed by atoms with Crippen molar-refractivity contribution in [2.24, 2.45) is 5.92 Å². The Morgan fingerprint density at radius 2 is 2.12 bits per heavy atom. The molecular weight excluding hydrogens is 345 g/mol. The molecule has 0 unspecified atom stereocenters. The maximum atomic E-state index is 13.6. The molecule has 4 rings (SSSR count). The number of hydrogen-bond donors (Lipinski definition) is 0. The summed E-state index contributed by atoms with van der Waals surface area (Å²) in [5.74, 6) is -0.124. The first-order valence-corrected chi connectivity index (χ1v) is 10.3. The molecule has 6 nitrogen and oxygen atoms in total. The van der Waals surface area contributed by atoms with E-state index in [1.54, 1.807) is 4.31 Å². The van der Waals surface area contributed by atoms with Crippen molar-refractivity contribution in [3.8, 4) is 5.88 Å². The molecule has 3 heterocycles. The predicted molar refractivity (Wildman–Crippen MR) is 91.3 cm³/mol. The number of rotatable bonds is 5. The zero-order chi connectivity index (χ0) is 17.7. The SMILES string of the molecule is CN1CC[C@@H](COc2ncccc2F)CC12CN(S(=O)(=O)C1CC1)C2. The van der Waals surface area contributed by atoms with E-state index in [2.05, 4.69) is 16.9 Å². The third-order valence-corrected chi connectivity index (χ3v) is 8.07. The molecule has 8 heteroatoms. The van der Waals surface area contributed by atoms with E-state index < -0.39 is 15.8 Å². The highest BCUT2D eigenvalue weighted by molar-refractivity contribution is 7.90. The molecule has 1 atom stereocenters. The number of likely N-dealkylation sites (tertiary alicyclic amines) is 1. The van der Waals surface area contributed by atoms with Gasteiger partial charge in [0.05, 0.1) is 11.9 Å². The van der Waals surface area contributed by atoms with Gasteiger partial charge in [0.2, 0.25) is 15.9 Å². The lowest BCUT2D eigenvalue weighted by Crippen LogP contribution is -2.72. The molecule has 2 saturated heterocycles. The lowest BCUT2D eigenvalue weighted by atomic mass is 9.77. The highest BCUT2D eigenvalue weighted by Gasteiger charge is 2.55. The van der Waals surface area contributed by atoms with Gasteiger partial charge in [0.1, 0.15) is 0 Å². The molecule has 3 aliphatic rings. The van der Waals surface area contributed by atoms with Crippen molar-refractivity contribution in [2.75, 3.05) is 33.3 Å². The van der Waals surface area contributed by atoms with Crippen LogP contribution in [-0.2, 0) is 10.0 Å². The van der Waals surface area contributed by atoms with Crippen molar-refractivity contribution in [1.82, 2.24) is 14.2 Å². The Hall–Kier alpha value is -1.25. The van der Waals surface area contributed by atoms with E-state index in [-0.39, 0.29) is 22.6 Å². The van der Waals surface area contributed by atoms with Gasteiger partial charge in [0.25, 0.3) is 0 Å². The van der Waals surface area contributed by atoms with E-state index in [0.29, 0.717) is 19.7 Å². The second kappa shape index (κ2) is 6.17. The van der Waals surface area contributed by atoms with E-state index in [1.807, 2.05) is 0 Å². The van der Waals surface area contributed by atoms with Crippen molar-refractivity contribution in [3.63, 3.8) is 0 Å². The van der Waals surface area contributed by atoms with Crippen molar-refractivity contribution in [1.29, 1.82) is 0 Å². The highest BCUT2D eigenvalue weighted by Crippen LogP contribution is 2.42. The van der Waals surface area contributed by atoms with Crippen LogP contribution >= 0.6 is 0 Å². The van der Waals surface area contributed by atoms with Crippen LogP contribution in [0, 0.1) is 11.7 Å². The fraction of sp³-hybridized carbons (Fsp3) is 0.706. The minimum atomic E-state index is -3.09. The lowest BCUT2D eigenvalue weighted by molar-refractivity contribution is -0.0500. The Morgan fingerprint density at radius 3 is 2.80 bits per heavy atom. The Labute approximate surface area is 148 Å². The molecule has 2 aliphatic heterocycles. The number of aromatic nitrogens is 1. The molecule has 0 bridgehead atoms. The largest absolute Gasteiger partial charge is 0.475 e. The van der Waals surface area contributed by atoms with Gasteiger partial charge in [-0.1, -0.05) is 0 Å². The molecule has 0 aromatic carbocycles. The average Bonchev–Trinajstić information content (AvgIpc) is 3.38. The van der Waals surface area contributed by atoms with E-state index in [0.717, 1.165) is 32.2 Å². The van der Waals surface area contributed by atoms with E-state index >= 15 is 0 Å². The van der Waals surface area contributed by atoms with Gasteiger partial charge in [-0.25, -0.2) is 17.8 Å². The van der Waals surface area contributed by atoms with Gasteiger partial charge in [-0.15, -0.1) is 0 Å². The summed E-state index contributed by atoms with van der Waals surface area (Å²) in [7, 11) is -1.02. The van der Waals surface area contributed by atoms with Crippen LogP contribution in [-0.4, -0.2) is 66.7 Å². The highest BCUT2D eigenvalue weighted by atomic mass is 32.2. The van der Waals surface area contributed by atoms with Crippen LogP contribution in [0.4, 0.5) is 4.39 Å². The molecule has 0 amide bonds. The summed E-state index contributed by atoms with van der Waals surface area (Å²) in [6.45, 7) is 2.45. The Morgan fingerprint density at radius 1 is 1.36 bits per heavy atom. The van der Waals surface area contributed by atoms with Crippen LogP contribution in [0.3, 0.4) is 0 Å². The summed E-state index contributed by atoms with van der Waals surface area (Å²) in [4.78, 5) is 6.21. The molecule has 1 aromatic heterocycles. The Kier molecular flexibility index (Phi) is 4.24. The number of piperidine rings is 1. The minimum absolute atomic E-state index is 0.0435. The maximum absolute atomic E-state index is 13.6. The summed E-state index contributed by atoms with van der Waals surface area (Å²) in [5, 5.41) is -0.148. The normalized spacial score (nSPS) is 27.2. The van der Waals surface area contributed by atoms with Crippen LogP contribution in [0.5, 0.6) is 5.88 Å². The number of sulfonamides is 1. The first-order chi connectivity index (χ1) is 11.9. The average molecular weight is 369 g/mol. The van der Waals surface area contributed by atoms with Crippen LogP contribution < -0.4 is 4.74 Å². The molecule has 138 valence electrons. The van der Waals surface area contributed by atoms with Gasteiger partial charge in [0.15, 0.2) is 5.82 Å². The van der Waals surface area contributed by atoms with Crippen LogP contribution in [0.15, 0.2) is 18.3 Å². The fourth-order valence-electron chi connectivity index (χ4n) is 3.96. The van der Waals surface area contributed by atoms with Crippen molar-refractivity contribution < 1.29 is 17.5 Å². The second-order valence-electron chi connectivity index (χ2n) is 7.62. The molecule has 1 aromatic rings. The number of halogens is 1. The van der Waals surface area contributed by atoms with Crippen molar-refractivity contribution in [2.45, 2.75) is 36.5 Å². The molecule has 0 radical (unpaired) electrons. The molecule has 1 saturated carbocycles. The van der Waals surface area contributed by atoms with E-state index in [9.17, 15) is 12.8 Å². The standard InChI is InChI=1S/C17H24FN3O3S/c1-20-8-6-13(10-24-16-15(18)3-2-7-19-16)9-17(20)11-21(12-17)25(22,23)14-4-5-14/h2-3,7,13-14H,4-6,8-12H2,1H3/t13-/m1/s1. The zero-order valence-electron chi connectivity index (χ0n) is 14.4. The summed E-state index contributed by atoms with van der Waals surface area (Å²) in [6, 6.07) is 2.88. The smallest absolute Gasteiger partial charge is 0.250 e. The van der Waals surface area contributed by atoms with Gasteiger partial charge in [-0.3, -0.25) is 4.90 Å². The van der Waals surface area contributed by atoms with E-state index in [1.165, 1.54) is 18.3 Å². The van der Waals surface area contributed by atoms with Crippen LogP contribution in [0.1, 0.15) is 25.7 Å². The van der Waals surface area contributed by atoms with Gasteiger partial charge in [-0.2, -0.15) is 4.31 Å². The van der Waals surface area contributed by atoms with E-state index in [4.69, 9.17) is 4.74 Å². The van der Waals surface area contributed by atoms with Crippen LogP contribution in [0.2, 0.25) is 0 Å². The number of nitrogens with zero attached hydrogens (tertiary/aromatic N) is 3. The molecule has 1 aliphatic carbocycles. The minimum Gasteiger partial charge on any atom is -0.475 e. The Balaban J connectivity index is 1.37. The van der Waals surface area contributed by atoms with Crippen LogP contribution in [0.25, 0.3) is 0 Å². The summed E-state index contributed by atoms with van der Waals surface area (Å²) in [6.07, 6.45) is 4.94. The quantitative estimate of drug-likeness (QED) is 0.787. The molecule has 3 fully saturated rings. The third-order valence-electron chi connectivity index (χ3n) is 5.78. The summed E-state index contributed by atoms with van der Waals surface area (Å²) in [5.41, 5.74) is -0.100. The Bertz CT molecular complexity index is 747. The predicted octanol–water partition coefficient (Wildman–Crippen LogP) is 1.49. The fourth-order valence-corrected chi connectivity index (χ4v) is 5.96. The third kappa shape index (κ3) is 3.15. The van der Waals surface area contributed by atoms with Gasteiger partial charge >= 0.3 is 0 Å². The topological polar surface area (TPSA) is 62.7 Å². The van der Waals surface area contributed by atoms with Gasteiger partial charge < -0.3 is 4.74 Å². The van der Waals surface area contributed by atoms with Crippen molar-refractivity contribution in [3.05, 3.63) is 24.1 Å². The van der Waals surface area contributed by atoms with Gasteiger partial charge in [-0.05, 0) is 57.3 Å². The lowest BCUT2D eigenvalue weighted by Gasteiger charge is -2.57. The number of ether oxygens (including phenoxy) is 1. The number of hydrogen-bond acceptors (Lipinski definition) is 5. The number of likely N-dealkylation sites (N-methyl/N-ethyl adjacent to an activating group) is 1. The molecule has 25 heavy (non-hydrogen) atoms. The second-order valence-corrected chi connectivity index (χ2v) is 9.83. The van der Waals surface area contributed by atoms with Gasteiger partial charge in [0, 0.05) is 24.8 Å². The molecule has 0 N–H and O–H groups in total. The molecular formula is C17H24FN3O3S. The first kappa shape index (κ1) is 17.2. The maximum Gasteiger partial charge on any atom is 0.250 e. The molecule has 1 spiro atoms.